The van der Waals surface area contributed by atoms with E-state index in [1.807, 2.05) is 24.9 Å². The van der Waals surface area contributed by atoms with E-state index in [4.69, 9.17) is 11.6 Å². The fourth-order valence-corrected chi connectivity index (χ4v) is 5.15. The summed E-state index contributed by atoms with van der Waals surface area (Å²) in [7, 11) is 0. The molecule has 6 heteroatoms. The molecule has 0 amide bonds. The van der Waals surface area contributed by atoms with E-state index in [-0.39, 0.29) is 0 Å². The second-order valence-electron chi connectivity index (χ2n) is 4.70. The normalized spacial score (nSPS) is 20.0. The zero-order valence-electron chi connectivity index (χ0n) is 10.8. The van der Waals surface area contributed by atoms with Crippen LogP contribution in [0.4, 0.5) is 0 Å². The Labute approximate surface area is 126 Å². The van der Waals surface area contributed by atoms with Crippen LogP contribution in [0.5, 0.6) is 0 Å². The highest BCUT2D eigenvalue weighted by Gasteiger charge is 2.19. The van der Waals surface area contributed by atoms with Crippen molar-refractivity contribution in [1.29, 1.82) is 0 Å². The fraction of sp³-hybridized carbons (Fsp3) is 0.538. The van der Waals surface area contributed by atoms with Crippen LogP contribution in [0.3, 0.4) is 0 Å². The molecular formula is C13H16ClN3S2. The Bertz CT molecular complexity index is 579. The van der Waals surface area contributed by atoms with Crippen LogP contribution in [0, 0.1) is 6.92 Å². The van der Waals surface area contributed by atoms with Gasteiger partial charge >= 0.3 is 0 Å². The highest BCUT2D eigenvalue weighted by Crippen LogP contribution is 2.27. The monoisotopic (exact) mass is 313 g/mol. The molecule has 1 unspecified atom stereocenters. The van der Waals surface area contributed by atoms with Crippen molar-refractivity contribution >= 4 is 46.3 Å². The Morgan fingerprint density at radius 2 is 2.37 bits per heavy atom. The van der Waals surface area contributed by atoms with Gasteiger partial charge in [-0.2, -0.15) is 23.5 Å². The summed E-state index contributed by atoms with van der Waals surface area (Å²) in [6.07, 6.45) is 1.90. The zero-order valence-corrected chi connectivity index (χ0v) is 13.2. The largest absolute Gasteiger partial charge is 0.311 e. The number of aryl methyl sites for hydroxylation is 1. The lowest BCUT2D eigenvalue weighted by Crippen LogP contribution is -2.21. The molecule has 2 aromatic rings. The second kappa shape index (κ2) is 5.94. The molecule has 102 valence electrons. The Morgan fingerprint density at radius 3 is 3.11 bits per heavy atom. The van der Waals surface area contributed by atoms with Crippen molar-refractivity contribution in [2.24, 2.45) is 0 Å². The predicted octanol–water partition coefficient (Wildman–Crippen LogP) is 3.33. The number of thioether (sulfide) groups is 2. The van der Waals surface area contributed by atoms with E-state index in [1.54, 1.807) is 0 Å². The number of fused-ring (bicyclic) bond motifs is 1. The van der Waals surface area contributed by atoms with Crippen LogP contribution < -0.4 is 0 Å². The molecule has 1 saturated heterocycles. The highest BCUT2D eigenvalue weighted by molar-refractivity contribution is 8.06. The second-order valence-corrected chi connectivity index (χ2v) is 7.52. The number of halogens is 1. The summed E-state index contributed by atoms with van der Waals surface area (Å²) in [6.45, 7) is 3.01. The van der Waals surface area contributed by atoms with Crippen molar-refractivity contribution in [3.05, 3.63) is 23.7 Å². The first kappa shape index (κ1) is 13.6. The van der Waals surface area contributed by atoms with Crippen molar-refractivity contribution in [2.45, 2.75) is 24.6 Å². The van der Waals surface area contributed by atoms with Gasteiger partial charge in [-0.15, -0.1) is 11.6 Å². The maximum atomic E-state index is 6.04. The third kappa shape index (κ3) is 2.88. The minimum Gasteiger partial charge on any atom is -0.311 e. The molecule has 0 N–H and O–H groups in total. The third-order valence-corrected chi connectivity index (χ3v) is 6.26. The van der Waals surface area contributed by atoms with E-state index in [0.717, 1.165) is 29.1 Å². The van der Waals surface area contributed by atoms with Crippen LogP contribution >= 0.6 is 35.1 Å². The maximum Gasteiger partial charge on any atom is 0.160 e. The molecule has 19 heavy (non-hydrogen) atoms. The molecule has 0 spiro atoms. The molecule has 0 aromatic carbocycles. The van der Waals surface area contributed by atoms with Gasteiger partial charge in [-0.25, -0.2) is 9.97 Å². The Hall–Kier alpha value is -0.390. The molecule has 0 bridgehead atoms. The summed E-state index contributed by atoms with van der Waals surface area (Å²) in [4.78, 5) is 9.15. The number of imidazole rings is 1. The van der Waals surface area contributed by atoms with Crippen LogP contribution in [-0.4, -0.2) is 37.0 Å². The molecule has 1 aliphatic heterocycles. The molecule has 1 fully saturated rings. The van der Waals surface area contributed by atoms with Gasteiger partial charge < -0.3 is 4.57 Å². The first-order valence-corrected chi connectivity index (χ1v) is 9.09. The van der Waals surface area contributed by atoms with Crippen molar-refractivity contribution in [1.82, 2.24) is 14.5 Å². The molecule has 0 radical (unpaired) electrons. The molecule has 3 nitrogen and oxygen atoms in total. The van der Waals surface area contributed by atoms with E-state index in [1.165, 1.54) is 17.3 Å². The fourth-order valence-electron chi connectivity index (χ4n) is 2.30. The Morgan fingerprint density at radius 1 is 1.47 bits per heavy atom. The van der Waals surface area contributed by atoms with E-state index in [9.17, 15) is 0 Å². The summed E-state index contributed by atoms with van der Waals surface area (Å²) in [5.41, 5.74) is 3.07. The van der Waals surface area contributed by atoms with Gasteiger partial charge in [-0.3, -0.25) is 0 Å². The summed E-state index contributed by atoms with van der Waals surface area (Å²) < 4.78 is 2.20. The summed E-state index contributed by atoms with van der Waals surface area (Å²) in [6, 6.07) is 2.08. The molecule has 1 atom stereocenters. The maximum absolute atomic E-state index is 6.04. The van der Waals surface area contributed by atoms with Crippen molar-refractivity contribution < 1.29 is 0 Å². The van der Waals surface area contributed by atoms with Crippen molar-refractivity contribution in [3.63, 3.8) is 0 Å². The number of hydrogen-bond acceptors (Lipinski definition) is 4. The summed E-state index contributed by atoms with van der Waals surface area (Å²) >= 11 is 10.1. The van der Waals surface area contributed by atoms with Gasteiger partial charge in [-0.1, -0.05) is 0 Å². The quantitative estimate of drug-likeness (QED) is 0.813. The van der Waals surface area contributed by atoms with Crippen molar-refractivity contribution in [3.8, 4) is 0 Å². The van der Waals surface area contributed by atoms with E-state index in [2.05, 4.69) is 32.4 Å². The molecular weight excluding hydrogens is 298 g/mol. The summed E-state index contributed by atoms with van der Waals surface area (Å²) in [5.74, 6) is 5.10. The SMILES string of the molecule is Cc1cnc2c(c1)nc(CCl)n2CC1CSCCS1. The van der Waals surface area contributed by atoms with E-state index >= 15 is 0 Å². The minimum atomic E-state index is 0.444. The Kier molecular flexibility index (Phi) is 4.24. The number of alkyl halides is 1. The van der Waals surface area contributed by atoms with Crippen LogP contribution in [0.15, 0.2) is 12.3 Å². The standard InChI is InChI=1S/C13H16ClN3S2/c1-9-4-11-13(15-6-9)17(12(5-14)16-11)7-10-8-18-2-3-19-10/h4,6,10H,2-3,5,7-8H2,1H3. The number of aromatic nitrogens is 3. The molecule has 3 rings (SSSR count). The average Bonchev–Trinajstić information content (AvgIpc) is 2.77. The first-order chi connectivity index (χ1) is 9.28. The lowest BCUT2D eigenvalue weighted by Gasteiger charge is -2.22. The van der Waals surface area contributed by atoms with Gasteiger partial charge in [0, 0.05) is 35.3 Å². The van der Waals surface area contributed by atoms with Crippen LogP contribution in [0.25, 0.3) is 11.2 Å². The minimum absolute atomic E-state index is 0.444. The number of pyridine rings is 1. The smallest absolute Gasteiger partial charge is 0.160 e. The lowest BCUT2D eigenvalue weighted by molar-refractivity contribution is 0.681. The van der Waals surface area contributed by atoms with E-state index in [0.29, 0.717) is 11.1 Å². The van der Waals surface area contributed by atoms with Gasteiger partial charge in [0.15, 0.2) is 5.65 Å². The van der Waals surface area contributed by atoms with Gasteiger partial charge in [0.05, 0.1) is 5.88 Å². The molecule has 0 aliphatic carbocycles. The topological polar surface area (TPSA) is 30.7 Å². The van der Waals surface area contributed by atoms with Crippen LogP contribution in [0.2, 0.25) is 0 Å². The molecule has 2 aromatic heterocycles. The van der Waals surface area contributed by atoms with Crippen molar-refractivity contribution in [2.75, 3.05) is 17.3 Å². The van der Waals surface area contributed by atoms with Crippen LogP contribution in [-0.2, 0) is 12.4 Å². The average molecular weight is 314 g/mol. The number of nitrogens with zero attached hydrogens (tertiary/aromatic N) is 3. The van der Waals surface area contributed by atoms with Gasteiger partial charge in [0.2, 0.25) is 0 Å². The summed E-state index contributed by atoms with van der Waals surface area (Å²) in [5, 5.41) is 0.640. The molecule has 0 saturated carbocycles. The van der Waals surface area contributed by atoms with Gasteiger partial charge in [0.1, 0.15) is 11.3 Å². The van der Waals surface area contributed by atoms with Crippen LogP contribution in [0.1, 0.15) is 11.4 Å². The van der Waals surface area contributed by atoms with Gasteiger partial charge in [-0.05, 0) is 18.6 Å². The predicted molar refractivity (Wildman–Crippen MR) is 85.4 cm³/mol. The number of hydrogen-bond donors (Lipinski definition) is 0. The van der Waals surface area contributed by atoms with E-state index < -0.39 is 0 Å². The first-order valence-electron chi connectivity index (χ1n) is 6.35. The lowest BCUT2D eigenvalue weighted by atomic mass is 10.3. The third-order valence-electron chi connectivity index (χ3n) is 3.19. The number of rotatable bonds is 3. The highest BCUT2D eigenvalue weighted by atomic mass is 35.5. The molecule has 1 aliphatic rings. The zero-order chi connectivity index (χ0) is 13.2. The van der Waals surface area contributed by atoms with Gasteiger partial charge in [0.25, 0.3) is 0 Å². The molecule has 3 heterocycles. The Balaban J connectivity index is 1.95.